The number of rotatable bonds is 9. The normalized spacial score (nSPS) is 15.2. The third kappa shape index (κ3) is 4.89. The summed E-state index contributed by atoms with van der Waals surface area (Å²) in [4.78, 5) is 11.7. The third-order valence-electron chi connectivity index (χ3n) is 3.60. The standard InChI is InChI=1S/C12H26N2O4/c1-4-11(2,13-3)6-5-10(18)14-12(7-15,8-16)9-17/h13,15-17H,4-9H2,1-3H3,(H,14,18). The van der Waals surface area contributed by atoms with Gasteiger partial charge in [-0.15, -0.1) is 0 Å². The number of nitrogens with one attached hydrogen (secondary N) is 2. The van der Waals surface area contributed by atoms with Crippen molar-refractivity contribution < 1.29 is 20.1 Å². The van der Waals surface area contributed by atoms with Crippen LogP contribution in [0.5, 0.6) is 0 Å². The average molecular weight is 262 g/mol. The molecule has 0 fully saturated rings. The molecule has 0 aliphatic heterocycles. The Balaban J connectivity index is 4.34. The summed E-state index contributed by atoms with van der Waals surface area (Å²) >= 11 is 0. The molecule has 18 heavy (non-hydrogen) atoms. The maximum Gasteiger partial charge on any atom is 0.220 e. The molecule has 0 aromatic rings. The Morgan fingerprint density at radius 3 is 2.00 bits per heavy atom. The van der Waals surface area contributed by atoms with Gasteiger partial charge in [-0.3, -0.25) is 4.79 Å². The SMILES string of the molecule is CCC(C)(CCC(=O)NC(CO)(CO)CO)NC. The van der Waals surface area contributed by atoms with Crippen molar-refractivity contribution >= 4 is 5.91 Å². The Morgan fingerprint density at radius 1 is 1.17 bits per heavy atom. The van der Waals surface area contributed by atoms with Crippen LogP contribution >= 0.6 is 0 Å². The van der Waals surface area contributed by atoms with Crippen LogP contribution in [0, 0.1) is 0 Å². The van der Waals surface area contributed by atoms with Crippen molar-refractivity contribution in [1.29, 1.82) is 0 Å². The van der Waals surface area contributed by atoms with Crippen molar-refractivity contribution in [2.75, 3.05) is 26.9 Å². The van der Waals surface area contributed by atoms with Crippen molar-refractivity contribution in [3.63, 3.8) is 0 Å². The molecule has 0 aliphatic carbocycles. The molecule has 0 aromatic heterocycles. The van der Waals surface area contributed by atoms with Gasteiger partial charge in [0.15, 0.2) is 0 Å². The van der Waals surface area contributed by atoms with Crippen LogP contribution in [0.25, 0.3) is 0 Å². The Bertz CT molecular complexity index is 242. The lowest BCUT2D eigenvalue weighted by Gasteiger charge is -2.31. The van der Waals surface area contributed by atoms with Crippen LogP contribution in [-0.2, 0) is 4.79 Å². The van der Waals surface area contributed by atoms with Gasteiger partial charge in [0.2, 0.25) is 5.91 Å². The fourth-order valence-electron chi connectivity index (χ4n) is 1.49. The zero-order valence-electron chi connectivity index (χ0n) is 11.5. The van der Waals surface area contributed by atoms with Crippen LogP contribution in [0.3, 0.4) is 0 Å². The van der Waals surface area contributed by atoms with Crippen LogP contribution < -0.4 is 10.6 Å². The number of hydrogen-bond donors (Lipinski definition) is 5. The van der Waals surface area contributed by atoms with Gasteiger partial charge in [0.1, 0.15) is 5.54 Å². The van der Waals surface area contributed by atoms with Crippen molar-refractivity contribution in [1.82, 2.24) is 10.6 Å². The van der Waals surface area contributed by atoms with E-state index >= 15 is 0 Å². The Morgan fingerprint density at radius 2 is 1.67 bits per heavy atom. The molecule has 0 aliphatic rings. The number of amides is 1. The zero-order valence-corrected chi connectivity index (χ0v) is 11.5. The van der Waals surface area contributed by atoms with E-state index < -0.39 is 25.4 Å². The second kappa shape index (κ2) is 7.68. The number of aliphatic hydroxyl groups excluding tert-OH is 3. The number of aliphatic hydroxyl groups is 3. The Kier molecular flexibility index (Phi) is 7.39. The van der Waals surface area contributed by atoms with Crippen molar-refractivity contribution in [2.24, 2.45) is 0 Å². The predicted molar refractivity (Wildman–Crippen MR) is 69.1 cm³/mol. The second-order valence-corrected chi connectivity index (χ2v) is 4.97. The van der Waals surface area contributed by atoms with E-state index in [9.17, 15) is 4.79 Å². The van der Waals surface area contributed by atoms with Crippen LogP contribution in [0.2, 0.25) is 0 Å². The third-order valence-corrected chi connectivity index (χ3v) is 3.60. The van der Waals surface area contributed by atoms with Crippen molar-refractivity contribution in [3.05, 3.63) is 0 Å². The highest BCUT2D eigenvalue weighted by atomic mass is 16.3. The molecule has 0 spiro atoms. The summed E-state index contributed by atoms with van der Waals surface area (Å²) in [5.74, 6) is -0.290. The highest BCUT2D eigenvalue weighted by Gasteiger charge is 2.30. The summed E-state index contributed by atoms with van der Waals surface area (Å²) in [6, 6.07) is 0. The van der Waals surface area contributed by atoms with Gasteiger partial charge in [0.05, 0.1) is 19.8 Å². The quantitative estimate of drug-likeness (QED) is 0.366. The molecule has 1 unspecified atom stereocenters. The van der Waals surface area contributed by atoms with E-state index in [0.29, 0.717) is 6.42 Å². The Labute approximate surface area is 108 Å². The van der Waals surface area contributed by atoms with Crippen LogP contribution in [0.1, 0.15) is 33.1 Å². The fourth-order valence-corrected chi connectivity index (χ4v) is 1.49. The number of carbonyl (C=O) groups is 1. The van der Waals surface area contributed by atoms with Gasteiger partial charge in [-0.05, 0) is 26.8 Å². The molecule has 0 saturated carbocycles. The summed E-state index contributed by atoms with van der Waals surface area (Å²) < 4.78 is 0. The van der Waals surface area contributed by atoms with E-state index in [1.54, 1.807) is 0 Å². The molecule has 0 aromatic carbocycles. The van der Waals surface area contributed by atoms with Crippen molar-refractivity contribution in [3.8, 4) is 0 Å². The highest BCUT2D eigenvalue weighted by molar-refractivity contribution is 5.77. The summed E-state index contributed by atoms with van der Waals surface area (Å²) in [5, 5.41) is 32.9. The maximum atomic E-state index is 11.7. The first-order chi connectivity index (χ1) is 8.40. The molecule has 0 rings (SSSR count). The number of carbonyl (C=O) groups excluding carboxylic acids is 1. The van der Waals surface area contributed by atoms with E-state index in [1.165, 1.54) is 0 Å². The summed E-state index contributed by atoms with van der Waals surface area (Å²) in [5.41, 5.74) is -1.45. The monoisotopic (exact) mass is 262 g/mol. The van der Waals surface area contributed by atoms with Gasteiger partial charge in [0.25, 0.3) is 0 Å². The molecule has 1 atom stereocenters. The van der Waals surface area contributed by atoms with Gasteiger partial charge >= 0.3 is 0 Å². The molecule has 6 heteroatoms. The second-order valence-electron chi connectivity index (χ2n) is 4.97. The first-order valence-electron chi connectivity index (χ1n) is 6.23. The van der Waals surface area contributed by atoms with Crippen LogP contribution in [0.15, 0.2) is 0 Å². The zero-order chi connectivity index (χ0) is 14.2. The molecule has 0 radical (unpaired) electrons. The lowest BCUT2D eigenvalue weighted by atomic mass is 9.92. The maximum absolute atomic E-state index is 11.7. The van der Waals surface area contributed by atoms with Gasteiger partial charge < -0.3 is 26.0 Å². The average Bonchev–Trinajstić information content (AvgIpc) is 2.42. The predicted octanol–water partition coefficient (Wildman–Crippen LogP) is -1.01. The smallest absolute Gasteiger partial charge is 0.220 e. The van der Waals surface area contributed by atoms with E-state index in [0.717, 1.165) is 6.42 Å². The van der Waals surface area contributed by atoms with Gasteiger partial charge in [-0.2, -0.15) is 0 Å². The molecular formula is C12H26N2O4. The molecule has 108 valence electrons. The van der Waals surface area contributed by atoms with E-state index in [2.05, 4.69) is 10.6 Å². The fraction of sp³-hybridized carbons (Fsp3) is 0.917. The summed E-state index contributed by atoms with van der Waals surface area (Å²) in [7, 11) is 1.85. The first kappa shape index (κ1) is 17.3. The largest absolute Gasteiger partial charge is 0.394 e. The minimum Gasteiger partial charge on any atom is -0.394 e. The summed E-state index contributed by atoms with van der Waals surface area (Å²) in [6.07, 6.45) is 1.80. The minimum absolute atomic E-state index is 0.113. The lowest BCUT2D eigenvalue weighted by Crippen LogP contribution is -2.57. The molecule has 0 bridgehead atoms. The van der Waals surface area contributed by atoms with E-state index in [4.69, 9.17) is 15.3 Å². The molecule has 1 amide bonds. The number of hydrogen-bond acceptors (Lipinski definition) is 5. The van der Waals surface area contributed by atoms with Crippen LogP contribution in [-0.4, -0.2) is 59.2 Å². The summed E-state index contributed by atoms with van der Waals surface area (Å²) in [6.45, 7) is 2.57. The van der Waals surface area contributed by atoms with Gasteiger partial charge in [-0.1, -0.05) is 6.92 Å². The molecule has 0 heterocycles. The van der Waals surface area contributed by atoms with E-state index in [1.807, 2.05) is 20.9 Å². The minimum atomic E-state index is -1.33. The van der Waals surface area contributed by atoms with Gasteiger partial charge in [0, 0.05) is 12.0 Å². The van der Waals surface area contributed by atoms with Crippen molar-refractivity contribution in [2.45, 2.75) is 44.2 Å². The highest BCUT2D eigenvalue weighted by Crippen LogP contribution is 2.16. The lowest BCUT2D eigenvalue weighted by molar-refractivity contribution is -0.125. The van der Waals surface area contributed by atoms with E-state index in [-0.39, 0.29) is 17.9 Å². The molecular weight excluding hydrogens is 236 g/mol. The molecule has 0 saturated heterocycles. The molecule has 6 nitrogen and oxygen atoms in total. The van der Waals surface area contributed by atoms with Crippen LogP contribution in [0.4, 0.5) is 0 Å². The van der Waals surface area contributed by atoms with Gasteiger partial charge in [-0.25, -0.2) is 0 Å². The Hall–Kier alpha value is -0.690. The molecule has 5 N–H and O–H groups in total. The first-order valence-corrected chi connectivity index (χ1v) is 6.23. The topological polar surface area (TPSA) is 102 Å².